The molecule has 0 unspecified atom stereocenters. The molecule has 2 amide bonds. The summed E-state index contributed by atoms with van der Waals surface area (Å²) in [6.07, 6.45) is 0.692. The van der Waals surface area contributed by atoms with Crippen molar-refractivity contribution < 1.29 is 19.1 Å². The van der Waals surface area contributed by atoms with Crippen LogP contribution in [0.3, 0.4) is 0 Å². The molecule has 0 saturated heterocycles. The molecule has 1 aromatic carbocycles. The Labute approximate surface area is 137 Å². The molecule has 0 atom stereocenters. The molecule has 0 aliphatic heterocycles. The van der Waals surface area contributed by atoms with Gasteiger partial charge in [-0.1, -0.05) is 12.1 Å². The lowest BCUT2D eigenvalue weighted by molar-refractivity contribution is -0.141. The summed E-state index contributed by atoms with van der Waals surface area (Å²) in [5.41, 5.74) is -0.0263. The maximum absolute atomic E-state index is 12.2. The van der Waals surface area contributed by atoms with E-state index in [1.165, 1.54) is 0 Å². The summed E-state index contributed by atoms with van der Waals surface area (Å²) >= 11 is 0. The number of ether oxygens (including phenoxy) is 2. The Morgan fingerprint density at radius 2 is 1.57 bits per heavy atom. The zero-order valence-electron chi connectivity index (χ0n) is 14.3. The van der Waals surface area contributed by atoms with Gasteiger partial charge in [-0.15, -0.1) is 0 Å². The third-order valence-corrected chi connectivity index (χ3v) is 3.59. The molecule has 0 aromatic heterocycles. The molecule has 23 heavy (non-hydrogen) atoms. The summed E-state index contributed by atoms with van der Waals surface area (Å²) in [6, 6.07) is 7.66. The van der Waals surface area contributed by atoms with Crippen molar-refractivity contribution in [1.29, 1.82) is 0 Å². The van der Waals surface area contributed by atoms with Crippen LogP contribution >= 0.6 is 0 Å². The topological polar surface area (TPSA) is 76.7 Å². The summed E-state index contributed by atoms with van der Waals surface area (Å²) in [6.45, 7) is 4.49. The molecule has 0 heterocycles. The molecule has 6 heteroatoms. The van der Waals surface area contributed by atoms with E-state index in [0.717, 1.165) is 11.3 Å². The Morgan fingerprint density at radius 3 is 2.09 bits per heavy atom. The number of carbonyl (C=O) groups excluding carboxylic acids is 2. The van der Waals surface area contributed by atoms with Crippen LogP contribution in [-0.4, -0.2) is 45.7 Å². The maximum atomic E-state index is 12.2. The van der Waals surface area contributed by atoms with Gasteiger partial charge in [-0.2, -0.15) is 0 Å². The predicted molar refractivity (Wildman–Crippen MR) is 88.4 cm³/mol. The maximum Gasteiger partial charge on any atom is 0.235 e. The van der Waals surface area contributed by atoms with E-state index in [-0.39, 0.29) is 11.8 Å². The van der Waals surface area contributed by atoms with Crippen molar-refractivity contribution in [3.63, 3.8) is 0 Å². The minimum atomic E-state index is -1.12. The molecule has 0 aliphatic rings. The Kier molecular flexibility index (Phi) is 7.54. The van der Waals surface area contributed by atoms with Crippen molar-refractivity contribution >= 4 is 11.8 Å². The quantitative estimate of drug-likeness (QED) is 0.528. The zero-order valence-corrected chi connectivity index (χ0v) is 14.3. The van der Waals surface area contributed by atoms with E-state index in [0.29, 0.717) is 26.1 Å². The molecule has 128 valence electrons. The van der Waals surface area contributed by atoms with Gasteiger partial charge in [-0.05, 0) is 38.0 Å². The monoisotopic (exact) mass is 322 g/mol. The second kappa shape index (κ2) is 9.15. The van der Waals surface area contributed by atoms with Crippen LogP contribution < -0.4 is 15.4 Å². The predicted octanol–water partition coefficient (Wildman–Crippen LogP) is 1.14. The molecule has 0 fully saturated rings. The third kappa shape index (κ3) is 5.90. The zero-order chi connectivity index (χ0) is 17.3. The number of hydrogen-bond donors (Lipinski definition) is 2. The van der Waals surface area contributed by atoms with Crippen molar-refractivity contribution in [1.82, 2.24) is 10.6 Å². The van der Waals surface area contributed by atoms with Crippen LogP contribution in [0.15, 0.2) is 24.3 Å². The second-order valence-electron chi connectivity index (χ2n) is 5.73. The van der Waals surface area contributed by atoms with Crippen LogP contribution in [-0.2, 0) is 20.7 Å². The summed E-state index contributed by atoms with van der Waals surface area (Å²) < 4.78 is 9.97. The smallest absolute Gasteiger partial charge is 0.235 e. The number of nitrogens with one attached hydrogen (secondary N) is 2. The van der Waals surface area contributed by atoms with E-state index >= 15 is 0 Å². The van der Waals surface area contributed by atoms with E-state index < -0.39 is 5.41 Å². The molecular weight excluding hydrogens is 296 g/mol. The van der Waals surface area contributed by atoms with Crippen LogP contribution in [0.25, 0.3) is 0 Å². The number of carbonyl (C=O) groups is 2. The number of amides is 2. The lowest BCUT2D eigenvalue weighted by Crippen LogP contribution is -2.48. The standard InChI is InChI=1S/C17H26N2O4/c1-17(2,16(21)19-11-12-22-3)15(20)18-10-9-13-5-7-14(23-4)8-6-13/h5-8H,9-12H2,1-4H3,(H,18,20)(H,19,21). The summed E-state index contributed by atoms with van der Waals surface area (Å²) in [5, 5.41) is 5.50. The van der Waals surface area contributed by atoms with Crippen molar-refractivity contribution in [2.24, 2.45) is 5.41 Å². The van der Waals surface area contributed by atoms with E-state index in [4.69, 9.17) is 9.47 Å². The highest BCUT2D eigenvalue weighted by molar-refractivity contribution is 6.04. The van der Waals surface area contributed by atoms with Gasteiger partial charge in [0.15, 0.2) is 0 Å². The van der Waals surface area contributed by atoms with Gasteiger partial charge >= 0.3 is 0 Å². The van der Waals surface area contributed by atoms with E-state index in [2.05, 4.69) is 10.6 Å². The first kappa shape index (κ1) is 19.0. The first-order valence-electron chi connectivity index (χ1n) is 7.60. The van der Waals surface area contributed by atoms with Gasteiger partial charge in [0.1, 0.15) is 11.2 Å². The largest absolute Gasteiger partial charge is 0.497 e. The minimum absolute atomic E-state index is 0.291. The highest BCUT2D eigenvalue weighted by atomic mass is 16.5. The number of rotatable bonds is 9. The number of hydrogen-bond acceptors (Lipinski definition) is 4. The number of methoxy groups -OCH3 is 2. The molecule has 0 radical (unpaired) electrons. The first-order chi connectivity index (χ1) is 10.9. The molecule has 0 saturated carbocycles. The van der Waals surface area contributed by atoms with Gasteiger partial charge < -0.3 is 20.1 Å². The van der Waals surface area contributed by atoms with Crippen LogP contribution in [0.4, 0.5) is 0 Å². The van der Waals surface area contributed by atoms with Crippen molar-refractivity contribution in [2.45, 2.75) is 20.3 Å². The molecule has 0 spiro atoms. The van der Waals surface area contributed by atoms with E-state index in [9.17, 15) is 9.59 Å². The van der Waals surface area contributed by atoms with Gasteiger partial charge in [-0.3, -0.25) is 9.59 Å². The van der Waals surface area contributed by atoms with Gasteiger partial charge in [0.2, 0.25) is 11.8 Å². The van der Waals surface area contributed by atoms with Crippen LogP contribution in [0.2, 0.25) is 0 Å². The molecule has 0 bridgehead atoms. The Bertz CT molecular complexity index is 512. The highest BCUT2D eigenvalue weighted by Gasteiger charge is 2.35. The lowest BCUT2D eigenvalue weighted by atomic mass is 9.91. The molecule has 1 aromatic rings. The van der Waals surface area contributed by atoms with E-state index in [1.807, 2.05) is 24.3 Å². The molecule has 1 rings (SSSR count). The van der Waals surface area contributed by atoms with Gasteiger partial charge in [0, 0.05) is 20.2 Å². The Hall–Kier alpha value is -2.08. The Morgan fingerprint density at radius 1 is 1.00 bits per heavy atom. The minimum Gasteiger partial charge on any atom is -0.497 e. The molecular formula is C17H26N2O4. The average Bonchev–Trinajstić information content (AvgIpc) is 2.55. The lowest BCUT2D eigenvalue weighted by Gasteiger charge is -2.22. The molecule has 2 N–H and O–H groups in total. The third-order valence-electron chi connectivity index (χ3n) is 3.59. The highest BCUT2D eigenvalue weighted by Crippen LogP contribution is 2.15. The molecule has 0 aliphatic carbocycles. The fraction of sp³-hybridized carbons (Fsp3) is 0.529. The van der Waals surface area contributed by atoms with Crippen LogP contribution in [0, 0.1) is 5.41 Å². The summed E-state index contributed by atoms with van der Waals surface area (Å²) in [5.74, 6) is 0.198. The second-order valence-corrected chi connectivity index (χ2v) is 5.73. The van der Waals surface area contributed by atoms with Gasteiger partial charge in [0.05, 0.1) is 13.7 Å². The van der Waals surface area contributed by atoms with Crippen LogP contribution in [0.1, 0.15) is 19.4 Å². The van der Waals surface area contributed by atoms with Gasteiger partial charge in [0.25, 0.3) is 0 Å². The SMILES string of the molecule is COCCNC(=O)C(C)(C)C(=O)NCCc1ccc(OC)cc1. The first-order valence-corrected chi connectivity index (χ1v) is 7.60. The number of benzene rings is 1. The molecule has 6 nitrogen and oxygen atoms in total. The normalized spacial score (nSPS) is 11.0. The fourth-order valence-corrected chi connectivity index (χ4v) is 1.92. The Balaban J connectivity index is 2.42. The van der Waals surface area contributed by atoms with Crippen LogP contribution in [0.5, 0.6) is 5.75 Å². The summed E-state index contributed by atoms with van der Waals surface area (Å²) in [7, 11) is 3.18. The fourth-order valence-electron chi connectivity index (χ4n) is 1.92. The van der Waals surface area contributed by atoms with E-state index in [1.54, 1.807) is 28.1 Å². The summed E-state index contributed by atoms with van der Waals surface area (Å²) in [4.78, 5) is 24.2. The average molecular weight is 322 g/mol. The van der Waals surface area contributed by atoms with Crippen molar-refractivity contribution in [3.05, 3.63) is 29.8 Å². The van der Waals surface area contributed by atoms with Gasteiger partial charge in [-0.25, -0.2) is 0 Å². The van der Waals surface area contributed by atoms with Crippen molar-refractivity contribution in [2.75, 3.05) is 33.9 Å². The van der Waals surface area contributed by atoms with Crippen molar-refractivity contribution in [3.8, 4) is 5.75 Å².